The number of aromatic amines is 1. The Morgan fingerprint density at radius 2 is 2.00 bits per heavy atom. The first kappa shape index (κ1) is 19.9. The molecule has 1 aliphatic rings. The highest BCUT2D eigenvalue weighted by atomic mass is 16.6. The molecule has 162 valence electrons. The number of aliphatic hydroxyl groups excluding tert-OH is 3. The molecule has 4 heterocycles. The van der Waals surface area contributed by atoms with Gasteiger partial charge in [0.05, 0.1) is 12.9 Å². The summed E-state index contributed by atoms with van der Waals surface area (Å²) in [6.45, 7) is 2.33. The Bertz CT molecular complexity index is 1220. The quantitative estimate of drug-likeness (QED) is 0.307. The summed E-state index contributed by atoms with van der Waals surface area (Å²) in [6.07, 6.45) is -0.436. The Morgan fingerprint density at radius 3 is 2.81 bits per heavy atom. The average Bonchev–Trinajstić information content (AvgIpc) is 3.43. The molecule has 5 rings (SSSR count). The predicted molar refractivity (Wildman–Crippen MR) is 114 cm³/mol. The minimum atomic E-state index is -1.20. The fourth-order valence-electron chi connectivity index (χ4n) is 4.24. The van der Waals surface area contributed by atoms with E-state index >= 15 is 0 Å². The SMILES string of the molecule is Cc1[nH]c2ccccc2c1CCNc1ncnc2c1ncn2[C@@H]1O[C@H](CO)[C@@H](O)[C@H]1O. The minimum Gasteiger partial charge on any atom is -0.394 e. The number of rotatable bonds is 6. The Labute approximate surface area is 177 Å². The van der Waals surface area contributed by atoms with Crippen molar-refractivity contribution in [3.05, 3.63) is 48.2 Å². The topological polar surface area (TPSA) is 141 Å². The zero-order valence-electron chi connectivity index (χ0n) is 16.9. The lowest BCUT2D eigenvalue weighted by molar-refractivity contribution is -0.0511. The molecule has 1 saturated heterocycles. The largest absolute Gasteiger partial charge is 0.394 e. The van der Waals surface area contributed by atoms with Gasteiger partial charge in [-0.3, -0.25) is 4.57 Å². The first-order valence-corrected chi connectivity index (χ1v) is 10.2. The van der Waals surface area contributed by atoms with Crippen LogP contribution in [0.4, 0.5) is 5.82 Å². The van der Waals surface area contributed by atoms with Crippen molar-refractivity contribution in [1.29, 1.82) is 0 Å². The van der Waals surface area contributed by atoms with Crippen molar-refractivity contribution in [2.24, 2.45) is 0 Å². The van der Waals surface area contributed by atoms with Gasteiger partial charge in [0.15, 0.2) is 23.2 Å². The fourth-order valence-corrected chi connectivity index (χ4v) is 4.24. The molecule has 0 aliphatic carbocycles. The standard InChI is InChI=1S/C21H24N6O4/c1-11-12(13-4-2-3-5-14(13)26-11)6-7-22-19-16-20(24-9-23-19)27(10-25-16)21-18(30)17(29)15(8-28)31-21/h2-5,9-10,15,17-18,21,26,28-30H,6-8H2,1H3,(H,22,23,24)/t15-,17-,18-,21-/m1/s1. The second-order valence-corrected chi connectivity index (χ2v) is 7.73. The summed E-state index contributed by atoms with van der Waals surface area (Å²) < 4.78 is 7.15. The van der Waals surface area contributed by atoms with Gasteiger partial charge < -0.3 is 30.4 Å². The van der Waals surface area contributed by atoms with Crippen molar-refractivity contribution in [3.8, 4) is 0 Å². The number of aromatic nitrogens is 5. The molecule has 1 aliphatic heterocycles. The molecule has 4 atom stereocenters. The van der Waals surface area contributed by atoms with E-state index in [2.05, 4.69) is 44.3 Å². The first-order valence-electron chi connectivity index (χ1n) is 10.2. The lowest BCUT2D eigenvalue weighted by Gasteiger charge is -2.16. The number of nitrogens with one attached hydrogen (secondary N) is 2. The van der Waals surface area contributed by atoms with E-state index in [-0.39, 0.29) is 0 Å². The lowest BCUT2D eigenvalue weighted by Crippen LogP contribution is -2.33. The Hall–Kier alpha value is -3.05. The van der Waals surface area contributed by atoms with Gasteiger partial charge in [-0.2, -0.15) is 0 Å². The van der Waals surface area contributed by atoms with E-state index in [4.69, 9.17) is 4.74 Å². The molecule has 10 nitrogen and oxygen atoms in total. The highest BCUT2D eigenvalue weighted by Gasteiger charge is 2.44. The van der Waals surface area contributed by atoms with E-state index in [1.807, 2.05) is 12.1 Å². The third-order valence-corrected chi connectivity index (χ3v) is 5.84. The highest BCUT2D eigenvalue weighted by Crippen LogP contribution is 2.32. The minimum absolute atomic E-state index is 0.392. The van der Waals surface area contributed by atoms with E-state index in [1.54, 1.807) is 4.57 Å². The van der Waals surface area contributed by atoms with E-state index in [0.29, 0.717) is 23.5 Å². The van der Waals surface area contributed by atoms with Crippen LogP contribution in [-0.4, -0.2) is 71.3 Å². The number of benzene rings is 1. The Morgan fingerprint density at radius 1 is 1.16 bits per heavy atom. The molecule has 31 heavy (non-hydrogen) atoms. The maximum absolute atomic E-state index is 10.3. The van der Waals surface area contributed by atoms with Crippen molar-refractivity contribution in [2.45, 2.75) is 37.9 Å². The average molecular weight is 424 g/mol. The van der Waals surface area contributed by atoms with Gasteiger partial charge in [-0.1, -0.05) is 18.2 Å². The molecule has 0 spiro atoms. The van der Waals surface area contributed by atoms with Crippen LogP contribution in [0.2, 0.25) is 0 Å². The number of ether oxygens (including phenoxy) is 1. The monoisotopic (exact) mass is 424 g/mol. The van der Waals surface area contributed by atoms with E-state index in [9.17, 15) is 15.3 Å². The fraction of sp³-hybridized carbons (Fsp3) is 0.381. The zero-order chi connectivity index (χ0) is 21.5. The molecule has 0 radical (unpaired) electrons. The van der Waals surface area contributed by atoms with E-state index < -0.39 is 31.1 Å². The molecular formula is C21H24N6O4. The summed E-state index contributed by atoms with van der Waals surface area (Å²) in [5.74, 6) is 0.577. The van der Waals surface area contributed by atoms with Gasteiger partial charge in [-0.15, -0.1) is 0 Å². The number of fused-ring (bicyclic) bond motifs is 2. The van der Waals surface area contributed by atoms with Crippen LogP contribution in [0.3, 0.4) is 0 Å². The number of H-pyrrole nitrogens is 1. The van der Waals surface area contributed by atoms with Crippen molar-refractivity contribution >= 4 is 27.9 Å². The molecule has 10 heteroatoms. The van der Waals surface area contributed by atoms with Crippen LogP contribution in [-0.2, 0) is 11.2 Å². The van der Waals surface area contributed by atoms with Crippen molar-refractivity contribution in [2.75, 3.05) is 18.5 Å². The molecule has 0 unspecified atom stereocenters. The number of aliphatic hydroxyl groups is 3. The number of para-hydroxylation sites is 1. The van der Waals surface area contributed by atoms with E-state index in [1.165, 1.54) is 23.6 Å². The van der Waals surface area contributed by atoms with Crippen LogP contribution >= 0.6 is 0 Å². The highest BCUT2D eigenvalue weighted by molar-refractivity contribution is 5.85. The third-order valence-electron chi connectivity index (χ3n) is 5.84. The Balaban J connectivity index is 1.36. The predicted octanol–water partition coefficient (Wildman–Crippen LogP) is 0.882. The van der Waals surface area contributed by atoms with Gasteiger partial charge in [-0.05, 0) is 25.0 Å². The molecule has 1 fully saturated rings. The number of imidazole rings is 1. The molecule has 0 bridgehead atoms. The number of hydrogen-bond acceptors (Lipinski definition) is 8. The normalized spacial score (nSPS) is 23.7. The summed E-state index contributed by atoms with van der Waals surface area (Å²) >= 11 is 0. The molecule has 0 amide bonds. The van der Waals surface area contributed by atoms with Gasteiger partial charge in [0.2, 0.25) is 0 Å². The summed E-state index contributed by atoms with van der Waals surface area (Å²) in [6, 6.07) is 8.23. The van der Waals surface area contributed by atoms with Crippen LogP contribution in [0.5, 0.6) is 0 Å². The molecule has 0 saturated carbocycles. The smallest absolute Gasteiger partial charge is 0.167 e. The zero-order valence-corrected chi connectivity index (χ0v) is 16.9. The van der Waals surface area contributed by atoms with Gasteiger partial charge in [-0.25, -0.2) is 15.0 Å². The van der Waals surface area contributed by atoms with E-state index in [0.717, 1.165) is 17.6 Å². The number of anilines is 1. The number of hydrogen-bond donors (Lipinski definition) is 5. The van der Waals surface area contributed by atoms with Crippen molar-refractivity contribution < 1.29 is 20.1 Å². The number of nitrogens with zero attached hydrogens (tertiary/aromatic N) is 4. The first-order chi connectivity index (χ1) is 15.1. The van der Waals surface area contributed by atoms with Crippen LogP contribution in [0.15, 0.2) is 36.9 Å². The van der Waals surface area contributed by atoms with Crippen LogP contribution in [0.25, 0.3) is 22.1 Å². The second-order valence-electron chi connectivity index (χ2n) is 7.73. The summed E-state index contributed by atoms with van der Waals surface area (Å²) in [5.41, 5.74) is 4.53. The second kappa shape index (κ2) is 7.89. The van der Waals surface area contributed by atoms with Gasteiger partial charge in [0.1, 0.15) is 24.6 Å². The van der Waals surface area contributed by atoms with Crippen LogP contribution in [0, 0.1) is 6.92 Å². The summed E-state index contributed by atoms with van der Waals surface area (Å²) in [5, 5.41) is 34.2. The molecule has 3 aromatic heterocycles. The van der Waals surface area contributed by atoms with Gasteiger partial charge in [0, 0.05) is 23.1 Å². The van der Waals surface area contributed by atoms with Crippen molar-refractivity contribution in [3.63, 3.8) is 0 Å². The molecule has 1 aromatic carbocycles. The Kier molecular flexibility index (Phi) is 5.06. The maximum Gasteiger partial charge on any atom is 0.167 e. The van der Waals surface area contributed by atoms with Gasteiger partial charge in [0.25, 0.3) is 0 Å². The maximum atomic E-state index is 10.3. The number of aryl methyl sites for hydroxylation is 1. The lowest BCUT2D eigenvalue weighted by atomic mass is 10.1. The summed E-state index contributed by atoms with van der Waals surface area (Å²) in [4.78, 5) is 16.4. The summed E-state index contributed by atoms with van der Waals surface area (Å²) in [7, 11) is 0. The molecule has 4 aromatic rings. The van der Waals surface area contributed by atoms with Crippen LogP contribution in [0.1, 0.15) is 17.5 Å². The third kappa shape index (κ3) is 3.33. The van der Waals surface area contributed by atoms with Crippen molar-refractivity contribution in [1.82, 2.24) is 24.5 Å². The molecular weight excluding hydrogens is 400 g/mol. The molecule has 5 N–H and O–H groups in total. The van der Waals surface area contributed by atoms with Gasteiger partial charge >= 0.3 is 0 Å². The van der Waals surface area contributed by atoms with Crippen LogP contribution < -0.4 is 5.32 Å².